The summed E-state index contributed by atoms with van der Waals surface area (Å²) in [5.74, 6) is -0.173. The van der Waals surface area contributed by atoms with Crippen molar-refractivity contribution in [3.63, 3.8) is 0 Å². The second kappa shape index (κ2) is 7.77. The number of pyridine rings is 1. The first-order valence-corrected chi connectivity index (χ1v) is 8.79. The molecule has 3 rings (SSSR count). The number of hydrogen-bond donors (Lipinski definition) is 2. The van der Waals surface area contributed by atoms with Gasteiger partial charge >= 0.3 is 0 Å². The molecule has 1 saturated heterocycles. The van der Waals surface area contributed by atoms with E-state index in [1.165, 1.54) is 0 Å². The molecule has 2 N–H and O–H groups in total. The molecule has 24 heavy (non-hydrogen) atoms. The third kappa shape index (κ3) is 4.33. The summed E-state index contributed by atoms with van der Waals surface area (Å²) in [6.07, 6.45) is 5.72. The first-order chi connectivity index (χ1) is 11.6. The molecule has 1 atom stereocenters. The summed E-state index contributed by atoms with van der Waals surface area (Å²) < 4.78 is 6.57. The van der Waals surface area contributed by atoms with E-state index in [-0.39, 0.29) is 12.0 Å². The lowest BCUT2D eigenvalue weighted by Gasteiger charge is -2.13. The van der Waals surface area contributed by atoms with Gasteiger partial charge in [0, 0.05) is 35.7 Å². The van der Waals surface area contributed by atoms with Gasteiger partial charge in [0.1, 0.15) is 0 Å². The maximum Gasteiger partial charge on any atom is 0.257 e. The van der Waals surface area contributed by atoms with Crippen LogP contribution in [0.4, 0.5) is 11.4 Å². The minimum Gasteiger partial charge on any atom is -0.381 e. The van der Waals surface area contributed by atoms with Crippen molar-refractivity contribution in [3.05, 3.63) is 52.3 Å². The fourth-order valence-electron chi connectivity index (χ4n) is 2.66. The summed E-state index contributed by atoms with van der Waals surface area (Å²) in [7, 11) is 0. The Hall–Kier alpha value is -1.92. The van der Waals surface area contributed by atoms with Crippen LogP contribution in [-0.2, 0) is 4.74 Å². The molecule has 0 saturated carbocycles. The van der Waals surface area contributed by atoms with Gasteiger partial charge in [-0.15, -0.1) is 0 Å². The van der Waals surface area contributed by atoms with Gasteiger partial charge in [0.15, 0.2) is 0 Å². The van der Waals surface area contributed by atoms with Crippen LogP contribution >= 0.6 is 15.9 Å². The fraction of sp³-hybridized carbons (Fsp3) is 0.333. The summed E-state index contributed by atoms with van der Waals surface area (Å²) in [5, 5.41) is 6.22. The van der Waals surface area contributed by atoms with Gasteiger partial charge in [0.2, 0.25) is 0 Å². The Morgan fingerprint density at radius 2 is 2.25 bits per heavy atom. The number of carbonyl (C=O) groups excluding carboxylic acids is 1. The topological polar surface area (TPSA) is 63.2 Å². The first kappa shape index (κ1) is 16.9. The quantitative estimate of drug-likeness (QED) is 0.810. The normalized spacial score (nSPS) is 16.8. The van der Waals surface area contributed by atoms with Gasteiger partial charge in [-0.25, -0.2) is 0 Å². The zero-order chi connectivity index (χ0) is 16.9. The monoisotopic (exact) mass is 389 g/mol. The van der Waals surface area contributed by atoms with Gasteiger partial charge in [-0.05, 0) is 49.6 Å². The van der Waals surface area contributed by atoms with Crippen LogP contribution in [0, 0.1) is 6.92 Å². The number of rotatable bonds is 5. The molecular formula is C18H20BrN3O2. The minimum atomic E-state index is -0.173. The van der Waals surface area contributed by atoms with E-state index in [4.69, 9.17) is 4.74 Å². The lowest BCUT2D eigenvalue weighted by Crippen LogP contribution is -2.19. The Morgan fingerprint density at radius 3 is 3.00 bits per heavy atom. The number of nitrogens with one attached hydrogen (secondary N) is 2. The highest BCUT2D eigenvalue weighted by Gasteiger charge is 2.15. The molecule has 2 heterocycles. The van der Waals surface area contributed by atoms with Gasteiger partial charge in [0.05, 0.1) is 17.4 Å². The Labute approximate surface area is 149 Å². The van der Waals surface area contributed by atoms with Crippen molar-refractivity contribution in [3.8, 4) is 0 Å². The van der Waals surface area contributed by atoms with Crippen LogP contribution in [0.15, 0.2) is 41.1 Å². The summed E-state index contributed by atoms with van der Waals surface area (Å²) >= 11 is 3.42. The third-order valence-corrected chi connectivity index (χ3v) is 4.49. The highest BCUT2D eigenvalue weighted by atomic mass is 79.9. The van der Waals surface area contributed by atoms with Gasteiger partial charge in [0.25, 0.3) is 5.91 Å². The van der Waals surface area contributed by atoms with Crippen LogP contribution in [0.3, 0.4) is 0 Å². The molecule has 0 aliphatic carbocycles. The van der Waals surface area contributed by atoms with Crippen LogP contribution in [0.1, 0.15) is 28.8 Å². The zero-order valence-corrected chi connectivity index (χ0v) is 15.1. The first-order valence-electron chi connectivity index (χ1n) is 8.00. The Bertz CT molecular complexity index is 730. The average Bonchev–Trinajstić information content (AvgIpc) is 3.09. The highest BCUT2D eigenvalue weighted by molar-refractivity contribution is 9.10. The number of anilines is 2. The number of benzene rings is 1. The molecule has 1 aliphatic rings. The molecule has 0 spiro atoms. The van der Waals surface area contributed by atoms with E-state index in [0.717, 1.165) is 47.4 Å². The summed E-state index contributed by atoms with van der Waals surface area (Å²) in [4.78, 5) is 16.6. The van der Waals surface area contributed by atoms with E-state index in [1.54, 1.807) is 12.4 Å². The summed E-state index contributed by atoms with van der Waals surface area (Å²) in [6.45, 7) is 3.52. The molecule has 0 radical (unpaired) electrons. The zero-order valence-electron chi connectivity index (χ0n) is 13.5. The maximum absolute atomic E-state index is 12.4. The SMILES string of the molecule is Cc1cc(Br)ccc1NC(=O)c1cncc(NCC2CCCO2)c1. The number of aryl methyl sites for hydroxylation is 1. The lowest BCUT2D eigenvalue weighted by atomic mass is 10.2. The standard InChI is InChI=1S/C18H20BrN3O2/c1-12-7-14(19)4-5-17(12)22-18(23)13-8-15(10-20-9-13)21-11-16-3-2-6-24-16/h4-5,7-10,16,21H,2-3,6,11H2,1H3,(H,22,23). The van der Waals surface area contributed by atoms with Crippen LogP contribution in [0.2, 0.25) is 0 Å². The number of halogens is 1. The predicted octanol–water partition coefficient (Wildman–Crippen LogP) is 4.00. The highest BCUT2D eigenvalue weighted by Crippen LogP contribution is 2.21. The maximum atomic E-state index is 12.4. The van der Waals surface area contributed by atoms with Gasteiger partial charge in [-0.3, -0.25) is 9.78 Å². The second-order valence-electron chi connectivity index (χ2n) is 5.89. The molecule has 6 heteroatoms. The van der Waals surface area contributed by atoms with E-state index in [2.05, 4.69) is 31.5 Å². The number of carbonyl (C=O) groups is 1. The van der Waals surface area contributed by atoms with Crippen LogP contribution < -0.4 is 10.6 Å². The van der Waals surface area contributed by atoms with Crippen molar-refractivity contribution in [2.45, 2.75) is 25.9 Å². The van der Waals surface area contributed by atoms with Crippen molar-refractivity contribution in [1.29, 1.82) is 0 Å². The van der Waals surface area contributed by atoms with Gasteiger partial charge in [-0.2, -0.15) is 0 Å². The Balaban J connectivity index is 1.65. The largest absolute Gasteiger partial charge is 0.381 e. The fourth-order valence-corrected chi connectivity index (χ4v) is 3.14. The molecule has 126 valence electrons. The van der Waals surface area contributed by atoms with E-state index < -0.39 is 0 Å². The second-order valence-corrected chi connectivity index (χ2v) is 6.81. The predicted molar refractivity (Wildman–Crippen MR) is 98.5 cm³/mol. The summed E-state index contributed by atoms with van der Waals surface area (Å²) in [5.41, 5.74) is 3.14. The molecule has 1 amide bonds. The molecule has 1 aromatic heterocycles. The van der Waals surface area contributed by atoms with Crippen molar-refractivity contribution in [2.24, 2.45) is 0 Å². The van der Waals surface area contributed by atoms with Crippen LogP contribution in [-0.4, -0.2) is 30.1 Å². The third-order valence-electron chi connectivity index (χ3n) is 3.99. The van der Waals surface area contributed by atoms with Crippen molar-refractivity contribution < 1.29 is 9.53 Å². The molecular weight excluding hydrogens is 370 g/mol. The van der Waals surface area contributed by atoms with Gasteiger partial charge < -0.3 is 15.4 Å². The van der Waals surface area contributed by atoms with E-state index >= 15 is 0 Å². The molecule has 1 aliphatic heterocycles. The molecule has 1 aromatic carbocycles. The molecule has 0 bridgehead atoms. The average molecular weight is 390 g/mol. The molecule has 2 aromatic rings. The van der Waals surface area contributed by atoms with E-state index in [9.17, 15) is 4.79 Å². The number of nitrogens with zero attached hydrogens (tertiary/aromatic N) is 1. The Morgan fingerprint density at radius 1 is 1.38 bits per heavy atom. The molecule has 1 unspecified atom stereocenters. The van der Waals surface area contributed by atoms with E-state index in [1.807, 2.05) is 31.2 Å². The van der Waals surface area contributed by atoms with Crippen molar-refractivity contribution >= 4 is 33.2 Å². The summed E-state index contributed by atoms with van der Waals surface area (Å²) in [6, 6.07) is 7.56. The van der Waals surface area contributed by atoms with Crippen LogP contribution in [0.25, 0.3) is 0 Å². The smallest absolute Gasteiger partial charge is 0.257 e. The van der Waals surface area contributed by atoms with Crippen molar-refractivity contribution in [1.82, 2.24) is 4.98 Å². The lowest BCUT2D eigenvalue weighted by molar-refractivity contribution is 0.102. The van der Waals surface area contributed by atoms with Gasteiger partial charge in [-0.1, -0.05) is 15.9 Å². The number of amides is 1. The molecule has 5 nitrogen and oxygen atoms in total. The molecule has 1 fully saturated rings. The number of aromatic nitrogens is 1. The number of ether oxygens (including phenoxy) is 1. The minimum absolute atomic E-state index is 0.173. The Kier molecular flexibility index (Phi) is 5.48. The van der Waals surface area contributed by atoms with Crippen LogP contribution in [0.5, 0.6) is 0 Å². The number of hydrogen-bond acceptors (Lipinski definition) is 4. The van der Waals surface area contributed by atoms with E-state index in [0.29, 0.717) is 5.56 Å². The van der Waals surface area contributed by atoms with Crippen molar-refractivity contribution in [2.75, 3.05) is 23.8 Å².